The van der Waals surface area contributed by atoms with Crippen molar-refractivity contribution in [2.75, 3.05) is 40.6 Å². The number of phenols is 2. The van der Waals surface area contributed by atoms with Crippen LogP contribution in [0.25, 0.3) is 0 Å². The van der Waals surface area contributed by atoms with Crippen LogP contribution >= 0.6 is 0 Å². The Kier molecular flexibility index (Phi) is 12.4. The zero-order valence-electron chi connectivity index (χ0n) is 36.0. The lowest BCUT2D eigenvalue weighted by atomic mass is 9.72. The molecule has 3 aliphatic heterocycles. The van der Waals surface area contributed by atoms with E-state index in [1.54, 1.807) is 7.11 Å². The number of fused-ring (bicyclic) bond motifs is 6. The molecule has 0 radical (unpaired) electrons. The smallest absolute Gasteiger partial charge is 0.246 e. The van der Waals surface area contributed by atoms with Gasteiger partial charge in [0.2, 0.25) is 11.7 Å². The standard InChI is InChI=1S/C47H54N2O15/c1-25-43-29(49-17-18-59-45(58-3)44(49)64-43)19-34(62-25)63-31-21-46(56,32(50)23-60-47(15-8-5-9-16-47)61-24-33(51)48-22-26-11-6-4-7-12-26)20-28-36(31)42(55)38-37(40(28)53)39(52)27-13-10-14-30(57-2)35(27)41(38)54/h4,6-7,10-14,25,29,31,34,43-45,53,55-56H,5,8-9,15-24H2,1-3H3,(H,48,51)/t25?,29-,31-,34-,43+,44+,45-,46-/m0/s1. The van der Waals surface area contributed by atoms with E-state index in [1.807, 2.05) is 37.3 Å². The number of carbonyl (C=O) groups is 4. The van der Waals surface area contributed by atoms with Gasteiger partial charge in [-0.05, 0) is 31.4 Å². The van der Waals surface area contributed by atoms with Crippen LogP contribution in [0, 0.1) is 0 Å². The zero-order valence-corrected chi connectivity index (χ0v) is 36.0. The molecule has 0 aromatic heterocycles. The summed E-state index contributed by atoms with van der Waals surface area (Å²) in [6, 6.07) is 13.7. The molecule has 17 heteroatoms. The summed E-state index contributed by atoms with van der Waals surface area (Å²) in [5, 5.41) is 39.6. The lowest BCUT2D eigenvalue weighted by Gasteiger charge is -2.43. The largest absolute Gasteiger partial charge is 0.507 e. The van der Waals surface area contributed by atoms with E-state index in [9.17, 15) is 34.5 Å². The van der Waals surface area contributed by atoms with Crippen molar-refractivity contribution >= 4 is 23.3 Å². The van der Waals surface area contributed by atoms with Gasteiger partial charge in [-0.15, -0.1) is 0 Å². The summed E-state index contributed by atoms with van der Waals surface area (Å²) in [6.45, 7) is 2.15. The molecular weight excluding hydrogens is 833 g/mol. The Labute approximate surface area is 369 Å². The van der Waals surface area contributed by atoms with Crippen LogP contribution in [0.3, 0.4) is 0 Å². The number of hydrogen-bond acceptors (Lipinski definition) is 16. The van der Waals surface area contributed by atoms with Gasteiger partial charge in [-0.25, -0.2) is 0 Å². The highest BCUT2D eigenvalue weighted by Gasteiger charge is 2.55. The zero-order chi connectivity index (χ0) is 44.9. The molecule has 0 bridgehead atoms. The van der Waals surface area contributed by atoms with Crippen molar-refractivity contribution < 1.29 is 72.4 Å². The van der Waals surface area contributed by atoms with Crippen LogP contribution in [0.4, 0.5) is 0 Å². The number of methoxy groups -OCH3 is 2. The summed E-state index contributed by atoms with van der Waals surface area (Å²) in [6.07, 6.45) is -1.93. The van der Waals surface area contributed by atoms with Crippen LogP contribution in [0.15, 0.2) is 48.5 Å². The molecule has 64 heavy (non-hydrogen) atoms. The minimum atomic E-state index is -2.29. The molecule has 9 rings (SSSR count). The Morgan fingerprint density at radius 1 is 0.906 bits per heavy atom. The number of phenolic OH excluding ortho intramolecular Hbond substituents is 2. The lowest BCUT2D eigenvalue weighted by molar-refractivity contribution is -0.258. The maximum atomic E-state index is 14.5. The number of ether oxygens (including phenoxy) is 8. The Hall–Kier alpha value is -4.82. The topological polar surface area (TPSA) is 218 Å². The fourth-order valence-electron chi connectivity index (χ4n) is 10.3. The molecule has 1 amide bonds. The molecule has 1 unspecified atom stereocenters. The van der Waals surface area contributed by atoms with Gasteiger partial charge < -0.3 is 58.5 Å². The number of benzene rings is 3. The molecule has 1 saturated carbocycles. The first kappa shape index (κ1) is 44.4. The van der Waals surface area contributed by atoms with Crippen LogP contribution in [0.5, 0.6) is 17.2 Å². The number of nitrogens with zero attached hydrogens (tertiary/aromatic N) is 1. The van der Waals surface area contributed by atoms with Gasteiger partial charge in [0.15, 0.2) is 36.2 Å². The number of Topliss-reactive ketones (excluding diaryl/α,β-unsaturated/α-hetero) is 1. The van der Waals surface area contributed by atoms with E-state index < -0.39 is 102 Å². The monoisotopic (exact) mass is 886 g/mol. The van der Waals surface area contributed by atoms with Gasteiger partial charge >= 0.3 is 0 Å². The van der Waals surface area contributed by atoms with Gasteiger partial charge in [0.25, 0.3) is 0 Å². The van der Waals surface area contributed by atoms with Crippen LogP contribution in [-0.4, -0.2) is 133 Å². The molecule has 4 fully saturated rings. The number of morpholine rings is 1. The van der Waals surface area contributed by atoms with Gasteiger partial charge in [0.05, 0.1) is 42.6 Å². The highest BCUT2D eigenvalue weighted by atomic mass is 16.7. The number of carbonyl (C=O) groups excluding carboxylic acids is 4. The minimum Gasteiger partial charge on any atom is -0.507 e. The summed E-state index contributed by atoms with van der Waals surface area (Å²) in [5.74, 6) is -5.15. The van der Waals surface area contributed by atoms with Crippen molar-refractivity contribution in [3.05, 3.63) is 87.5 Å². The van der Waals surface area contributed by atoms with E-state index in [2.05, 4.69) is 10.2 Å². The van der Waals surface area contributed by atoms with Gasteiger partial charge in [0.1, 0.15) is 42.2 Å². The molecule has 8 atom stereocenters. The Balaban J connectivity index is 1.01. The fourth-order valence-corrected chi connectivity index (χ4v) is 10.3. The predicted molar refractivity (Wildman–Crippen MR) is 223 cm³/mol. The molecule has 3 saturated heterocycles. The van der Waals surface area contributed by atoms with Crippen LogP contribution in [-0.2, 0) is 55.7 Å². The van der Waals surface area contributed by atoms with Crippen LogP contribution in [0.2, 0.25) is 0 Å². The molecular formula is C47H54N2O15. The molecule has 3 aromatic rings. The summed E-state index contributed by atoms with van der Waals surface area (Å²) in [5.41, 5.74) is -2.60. The van der Waals surface area contributed by atoms with E-state index in [1.165, 1.54) is 25.3 Å². The van der Waals surface area contributed by atoms with Crippen molar-refractivity contribution in [2.45, 2.75) is 119 Å². The molecule has 0 spiro atoms. The molecule has 17 nitrogen and oxygen atoms in total. The third-order valence-electron chi connectivity index (χ3n) is 13.6. The first-order valence-corrected chi connectivity index (χ1v) is 21.9. The minimum absolute atomic E-state index is 0.0450. The number of ketones is 3. The number of aliphatic hydroxyl groups is 1. The third kappa shape index (κ3) is 8.00. The first-order valence-electron chi connectivity index (χ1n) is 21.9. The molecule has 3 aromatic carbocycles. The van der Waals surface area contributed by atoms with Crippen molar-refractivity contribution in [1.29, 1.82) is 0 Å². The summed E-state index contributed by atoms with van der Waals surface area (Å²) >= 11 is 0. The lowest BCUT2D eigenvalue weighted by Crippen LogP contribution is -2.55. The first-order chi connectivity index (χ1) is 30.8. The van der Waals surface area contributed by atoms with E-state index in [0.29, 0.717) is 32.5 Å². The molecule has 6 aliphatic rings. The second-order valence-electron chi connectivity index (χ2n) is 17.4. The van der Waals surface area contributed by atoms with Gasteiger partial charge in [0, 0.05) is 75.0 Å². The summed E-state index contributed by atoms with van der Waals surface area (Å²) in [7, 11) is 2.89. The Morgan fingerprint density at radius 3 is 2.41 bits per heavy atom. The Morgan fingerprint density at radius 2 is 1.66 bits per heavy atom. The van der Waals surface area contributed by atoms with Crippen molar-refractivity contribution in [3.63, 3.8) is 0 Å². The van der Waals surface area contributed by atoms with Gasteiger partial charge in [-0.1, -0.05) is 48.9 Å². The summed E-state index contributed by atoms with van der Waals surface area (Å²) in [4.78, 5) is 57.9. The molecule has 3 heterocycles. The average molecular weight is 887 g/mol. The maximum absolute atomic E-state index is 14.5. The number of nitrogens with one attached hydrogen (secondary N) is 1. The number of amides is 1. The van der Waals surface area contributed by atoms with Gasteiger partial charge in [-0.3, -0.25) is 24.1 Å². The van der Waals surface area contributed by atoms with E-state index in [4.69, 9.17) is 37.9 Å². The maximum Gasteiger partial charge on any atom is 0.246 e. The molecule has 3 aliphatic carbocycles. The number of rotatable bonds is 13. The van der Waals surface area contributed by atoms with Crippen molar-refractivity contribution in [3.8, 4) is 17.2 Å². The highest BCUT2D eigenvalue weighted by Crippen LogP contribution is 2.53. The highest BCUT2D eigenvalue weighted by molar-refractivity contribution is 6.31. The second-order valence-corrected chi connectivity index (χ2v) is 17.4. The Bertz CT molecular complexity index is 2300. The predicted octanol–water partition coefficient (Wildman–Crippen LogP) is 3.73. The second kappa shape index (κ2) is 17.9. The van der Waals surface area contributed by atoms with Crippen LogP contribution < -0.4 is 10.1 Å². The normalized spacial score (nSPS) is 29.5. The van der Waals surface area contributed by atoms with E-state index >= 15 is 0 Å². The summed E-state index contributed by atoms with van der Waals surface area (Å²) < 4.78 is 48.6. The fraction of sp³-hybridized carbons (Fsp3) is 0.532. The molecule has 4 N–H and O–H groups in total. The number of aromatic hydroxyl groups is 2. The van der Waals surface area contributed by atoms with Crippen LogP contribution in [0.1, 0.15) is 107 Å². The van der Waals surface area contributed by atoms with Gasteiger partial charge in [-0.2, -0.15) is 0 Å². The van der Waals surface area contributed by atoms with Crippen molar-refractivity contribution in [2.24, 2.45) is 0 Å². The van der Waals surface area contributed by atoms with E-state index in [-0.39, 0.29) is 59.1 Å². The third-order valence-corrected chi connectivity index (χ3v) is 13.6. The van der Waals surface area contributed by atoms with E-state index in [0.717, 1.165) is 24.8 Å². The number of hydrogen-bond donors (Lipinski definition) is 4. The van der Waals surface area contributed by atoms with Crippen molar-refractivity contribution in [1.82, 2.24) is 10.2 Å². The SMILES string of the molecule is COc1cccc2c1C(=O)c1c(O)c3c(c(O)c1C2=O)C[C@@](O)(C(=O)COC1(OCC(=O)NCc2ccccc2)CCCCC1)C[C@@H]3O[C@H]1C[C@H]2[C@H](O[C@@H]3[C@@H](OC)OCCN32)C(C)O1. The average Bonchev–Trinajstić information content (AvgIpc) is 3.69. The molecule has 342 valence electrons. The quantitative estimate of drug-likeness (QED) is 0.111.